The molecular weight excluding hydrogens is 276 g/mol. The number of nitrogens with one attached hydrogen (secondary N) is 2. The SMILES string of the molecule is O=C(NCCc1cscn1)c1cn[nH]c1[C@H]1CCOC1. The first-order valence-electron chi connectivity index (χ1n) is 6.61. The van der Waals surface area contributed by atoms with E-state index in [9.17, 15) is 4.79 Å². The Labute approximate surface area is 120 Å². The second kappa shape index (κ2) is 6.15. The van der Waals surface area contributed by atoms with Gasteiger partial charge >= 0.3 is 0 Å². The van der Waals surface area contributed by atoms with E-state index in [1.807, 2.05) is 5.38 Å². The quantitative estimate of drug-likeness (QED) is 0.871. The molecule has 0 bridgehead atoms. The Bertz CT molecular complexity index is 561. The first-order chi connectivity index (χ1) is 9.84. The molecule has 2 aromatic rings. The van der Waals surface area contributed by atoms with Crippen molar-refractivity contribution in [3.63, 3.8) is 0 Å². The summed E-state index contributed by atoms with van der Waals surface area (Å²) in [7, 11) is 0. The molecule has 2 aromatic heterocycles. The molecule has 1 fully saturated rings. The lowest BCUT2D eigenvalue weighted by molar-refractivity contribution is 0.0952. The molecule has 2 N–H and O–H groups in total. The monoisotopic (exact) mass is 292 g/mol. The van der Waals surface area contributed by atoms with Gasteiger partial charge in [-0.15, -0.1) is 11.3 Å². The number of hydrogen-bond acceptors (Lipinski definition) is 5. The van der Waals surface area contributed by atoms with Crippen molar-refractivity contribution in [2.24, 2.45) is 0 Å². The summed E-state index contributed by atoms with van der Waals surface area (Å²) in [6, 6.07) is 0. The molecule has 0 aliphatic carbocycles. The van der Waals surface area contributed by atoms with Crippen LogP contribution in [0.25, 0.3) is 0 Å². The van der Waals surface area contributed by atoms with Gasteiger partial charge in [-0.25, -0.2) is 4.98 Å². The molecule has 106 valence electrons. The van der Waals surface area contributed by atoms with Gasteiger partial charge in [-0.1, -0.05) is 0 Å². The third-order valence-corrected chi connectivity index (χ3v) is 4.04. The summed E-state index contributed by atoms with van der Waals surface area (Å²) in [6.07, 6.45) is 3.27. The average molecular weight is 292 g/mol. The molecule has 3 rings (SSSR count). The van der Waals surface area contributed by atoms with E-state index in [1.165, 1.54) is 0 Å². The maximum Gasteiger partial charge on any atom is 0.254 e. The minimum atomic E-state index is -0.0871. The molecule has 1 saturated heterocycles. The van der Waals surface area contributed by atoms with Crippen LogP contribution in [0, 0.1) is 0 Å². The van der Waals surface area contributed by atoms with E-state index in [1.54, 1.807) is 23.0 Å². The largest absolute Gasteiger partial charge is 0.381 e. The van der Waals surface area contributed by atoms with E-state index in [-0.39, 0.29) is 11.8 Å². The Hall–Kier alpha value is -1.73. The molecule has 1 amide bonds. The van der Waals surface area contributed by atoms with Crippen molar-refractivity contribution in [3.05, 3.63) is 34.0 Å². The van der Waals surface area contributed by atoms with Crippen LogP contribution in [-0.2, 0) is 11.2 Å². The zero-order chi connectivity index (χ0) is 13.8. The Morgan fingerprint density at radius 3 is 3.30 bits per heavy atom. The van der Waals surface area contributed by atoms with E-state index in [0.29, 0.717) is 18.7 Å². The molecule has 0 aromatic carbocycles. The number of carbonyl (C=O) groups excluding carboxylic acids is 1. The number of thiazole rings is 1. The normalized spacial score (nSPS) is 18.3. The number of ether oxygens (including phenoxy) is 1. The predicted octanol–water partition coefficient (Wildman–Crippen LogP) is 1.34. The van der Waals surface area contributed by atoms with Crippen LogP contribution in [0.4, 0.5) is 0 Å². The first kappa shape index (κ1) is 13.3. The van der Waals surface area contributed by atoms with E-state index >= 15 is 0 Å². The number of amides is 1. The van der Waals surface area contributed by atoms with Gasteiger partial charge in [-0.05, 0) is 6.42 Å². The van der Waals surface area contributed by atoms with Gasteiger partial charge in [-0.2, -0.15) is 5.10 Å². The third kappa shape index (κ3) is 2.88. The van der Waals surface area contributed by atoms with Gasteiger partial charge < -0.3 is 10.1 Å². The molecule has 1 atom stereocenters. The standard InChI is InChI=1S/C13H16N4O2S/c18-13(14-3-1-10-7-20-8-15-10)11-5-16-17-12(11)9-2-4-19-6-9/h5,7-9H,1-4,6H2,(H,14,18)(H,16,17)/t9-/m0/s1. The number of carbonyl (C=O) groups is 1. The Morgan fingerprint density at radius 2 is 2.55 bits per heavy atom. The molecule has 0 saturated carbocycles. The summed E-state index contributed by atoms with van der Waals surface area (Å²) in [5.41, 5.74) is 4.31. The highest BCUT2D eigenvalue weighted by atomic mass is 32.1. The van der Waals surface area contributed by atoms with Crippen LogP contribution < -0.4 is 5.32 Å². The molecule has 1 aliphatic heterocycles. The molecule has 1 aliphatic rings. The van der Waals surface area contributed by atoms with Crippen LogP contribution in [-0.4, -0.2) is 40.8 Å². The van der Waals surface area contributed by atoms with Gasteiger partial charge in [0.1, 0.15) is 0 Å². The maximum atomic E-state index is 12.2. The maximum absolute atomic E-state index is 12.2. The number of nitrogens with zero attached hydrogens (tertiary/aromatic N) is 2. The van der Waals surface area contributed by atoms with Gasteiger partial charge in [-0.3, -0.25) is 9.89 Å². The van der Waals surface area contributed by atoms with Crippen molar-refractivity contribution in [2.45, 2.75) is 18.8 Å². The number of rotatable bonds is 5. The zero-order valence-corrected chi connectivity index (χ0v) is 11.8. The van der Waals surface area contributed by atoms with Crippen molar-refractivity contribution in [1.29, 1.82) is 0 Å². The van der Waals surface area contributed by atoms with Crippen molar-refractivity contribution in [1.82, 2.24) is 20.5 Å². The third-order valence-electron chi connectivity index (χ3n) is 3.40. The molecule has 7 heteroatoms. The van der Waals surface area contributed by atoms with E-state index < -0.39 is 0 Å². The second-order valence-electron chi connectivity index (χ2n) is 4.74. The molecule has 0 radical (unpaired) electrons. The Morgan fingerprint density at radius 1 is 1.60 bits per heavy atom. The van der Waals surface area contributed by atoms with Crippen molar-refractivity contribution in [3.8, 4) is 0 Å². The van der Waals surface area contributed by atoms with Crippen molar-refractivity contribution >= 4 is 17.2 Å². The van der Waals surface area contributed by atoms with Gasteiger partial charge in [0.25, 0.3) is 5.91 Å². The highest BCUT2D eigenvalue weighted by molar-refractivity contribution is 7.07. The van der Waals surface area contributed by atoms with Gasteiger partial charge in [0.2, 0.25) is 0 Å². The fourth-order valence-corrected chi connectivity index (χ4v) is 2.90. The highest BCUT2D eigenvalue weighted by Crippen LogP contribution is 2.25. The summed E-state index contributed by atoms with van der Waals surface area (Å²) < 4.78 is 5.36. The first-order valence-corrected chi connectivity index (χ1v) is 7.55. The summed E-state index contributed by atoms with van der Waals surface area (Å²) in [4.78, 5) is 16.4. The summed E-state index contributed by atoms with van der Waals surface area (Å²) in [6.45, 7) is 1.98. The minimum absolute atomic E-state index is 0.0871. The summed E-state index contributed by atoms with van der Waals surface area (Å²) >= 11 is 1.56. The molecule has 20 heavy (non-hydrogen) atoms. The van der Waals surface area contributed by atoms with Crippen LogP contribution in [0.5, 0.6) is 0 Å². The Kier molecular flexibility index (Phi) is 4.08. The molecule has 3 heterocycles. The molecule has 6 nitrogen and oxygen atoms in total. The molecule has 0 spiro atoms. The van der Waals surface area contributed by atoms with Gasteiger partial charge in [0, 0.05) is 30.9 Å². The fourth-order valence-electron chi connectivity index (χ4n) is 2.31. The van der Waals surface area contributed by atoms with Gasteiger partial charge in [0.05, 0.1) is 35.3 Å². The highest BCUT2D eigenvalue weighted by Gasteiger charge is 2.24. The summed E-state index contributed by atoms with van der Waals surface area (Å²) in [5, 5.41) is 11.8. The van der Waals surface area contributed by atoms with Crippen LogP contribution in [0.15, 0.2) is 17.1 Å². The lowest BCUT2D eigenvalue weighted by atomic mass is 10.0. The summed E-state index contributed by atoms with van der Waals surface area (Å²) in [5.74, 6) is 0.160. The lowest BCUT2D eigenvalue weighted by Crippen LogP contribution is -2.26. The topological polar surface area (TPSA) is 79.9 Å². The zero-order valence-electron chi connectivity index (χ0n) is 11.0. The minimum Gasteiger partial charge on any atom is -0.381 e. The number of hydrogen-bond donors (Lipinski definition) is 2. The fraction of sp³-hybridized carbons (Fsp3) is 0.462. The average Bonchev–Trinajstić information content (AvgIpc) is 3.19. The van der Waals surface area contributed by atoms with Crippen molar-refractivity contribution < 1.29 is 9.53 Å². The van der Waals surface area contributed by atoms with E-state index in [0.717, 1.165) is 30.8 Å². The number of aromatic amines is 1. The van der Waals surface area contributed by atoms with Crippen LogP contribution in [0.3, 0.4) is 0 Å². The van der Waals surface area contributed by atoms with Crippen molar-refractivity contribution in [2.75, 3.05) is 19.8 Å². The van der Waals surface area contributed by atoms with Crippen LogP contribution in [0.2, 0.25) is 0 Å². The second-order valence-corrected chi connectivity index (χ2v) is 5.46. The van der Waals surface area contributed by atoms with Crippen LogP contribution in [0.1, 0.15) is 34.1 Å². The number of H-pyrrole nitrogens is 1. The van der Waals surface area contributed by atoms with Crippen LogP contribution >= 0.6 is 11.3 Å². The van der Waals surface area contributed by atoms with Gasteiger partial charge in [0.15, 0.2) is 0 Å². The number of aromatic nitrogens is 3. The van der Waals surface area contributed by atoms with E-state index in [2.05, 4.69) is 20.5 Å². The molecular formula is C13H16N4O2S. The smallest absolute Gasteiger partial charge is 0.254 e. The Balaban J connectivity index is 1.58. The lowest BCUT2D eigenvalue weighted by Gasteiger charge is -2.08. The predicted molar refractivity (Wildman–Crippen MR) is 74.9 cm³/mol. The molecule has 0 unspecified atom stereocenters. The van der Waals surface area contributed by atoms with E-state index in [4.69, 9.17) is 4.74 Å².